The second kappa shape index (κ2) is 6.22. The van der Waals surface area contributed by atoms with Crippen LogP contribution in [0.25, 0.3) is 0 Å². The predicted octanol–water partition coefficient (Wildman–Crippen LogP) is 1.40. The van der Waals surface area contributed by atoms with Gasteiger partial charge in [0.25, 0.3) is 0 Å². The average molecular weight is 292 g/mol. The highest BCUT2D eigenvalue weighted by molar-refractivity contribution is 5.83. The zero-order chi connectivity index (χ0) is 15.6. The number of hydrogen-bond donors (Lipinski definition) is 1. The highest BCUT2D eigenvalue weighted by Crippen LogP contribution is 2.30. The van der Waals surface area contributed by atoms with Gasteiger partial charge in [0.2, 0.25) is 5.91 Å². The number of pyridine rings is 1. The maximum Gasteiger partial charge on any atom is 0.335 e. The van der Waals surface area contributed by atoms with Crippen molar-refractivity contribution in [2.45, 2.75) is 32.9 Å². The first-order valence-corrected chi connectivity index (χ1v) is 6.96. The first-order chi connectivity index (χ1) is 9.90. The van der Waals surface area contributed by atoms with Crippen molar-refractivity contribution in [1.82, 2.24) is 9.88 Å². The van der Waals surface area contributed by atoms with Gasteiger partial charge in [0.1, 0.15) is 6.61 Å². The fraction of sp³-hybridized carbons (Fsp3) is 0.533. The summed E-state index contributed by atoms with van der Waals surface area (Å²) >= 11 is 0. The van der Waals surface area contributed by atoms with Crippen LogP contribution in [0.4, 0.5) is 0 Å². The molecule has 1 aromatic heterocycles. The van der Waals surface area contributed by atoms with Gasteiger partial charge in [-0.3, -0.25) is 9.78 Å². The minimum Gasteiger partial charge on any atom is -0.479 e. The lowest BCUT2D eigenvalue weighted by Gasteiger charge is -2.40. The van der Waals surface area contributed by atoms with E-state index in [1.165, 1.54) is 0 Å². The molecule has 1 aliphatic heterocycles. The lowest BCUT2D eigenvalue weighted by molar-refractivity contribution is -0.173. The number of ether oxygens (including phenoxy) is 1. The number of carbonyl (C=O) groups excluding carboxylic acids is 1. The van der Waals surface area contributed by atoms with Gasteiger partial charge in [0.05, 0.1) is 6.04 Å². The quantitative estimate of drug-likeness (QED) is 0.907. The van der Waals surface area contributed by atoms with Crippen LogP contribution in [0.3, 0.4) is 0 Å². The van der Waals surface area contributed by atoms with E-state index in [9.17, 15) is 14.7 Å². The Kier molecular flexibility index (Phi) is 4.57. The van der Waals surface area contributed by atoms with Crippen LogP contribution in [0.15, 0.2) is 18.3 Å². The van der Waals surface area contributed by atoms with Gasteiger partial charge in [-0.25, -0.2) is 4.79 Å². The van der Waals surface area contributed by atoms with E-state index in [1.807, 2.05) is 20.8 Å². The molecule has 2 heterocycles. The minimum absolute atomic E-state index is 0.188. The molecule has 0 bridgehead atoms. The number of carboxylic acids is 1. The molecule has 1 aliphatic rings. The Morgan fingerprint density at radius 3 is 2.76 bits per heavy atom. The number of hydrogen-bond acceptors (Lipinski definition) is 4. The van der Waals surface area contributed by atoms with Crippen LogP contribution in [-0.2, 0) is 14.3 Å². The molecule has 2 unspecified atom stereocenters. The van der Waals surface area contributed by atoms with E-state index in [2.05, 4.69) is 4.98 Å². The smallest absolute Gasteiger partial charge is 0.335 e. The van der Waals surface area contributed by atoms with Gasteiger partial charge in [-0.1, -0.05) is 19.9 Å². The van der Waals surface area contributed by atoms with Crippen molar-refractivity contribution < 1.29 is 19.4 Å². The summed E-state index contributed by atoms with van der Waals surface area (Å²) in [6, 6.07) is 2.97. The van der Waals surface area contributed by atoms with Gasteiger partial charge in [-0.15, -0.1) is 0 Å². The molecule has 0 radical (unpaired) electrons. The normalized spacial score (nSPS) is 22.7. The van der Waals surface area contributed by atoms with Gasteiger partial charge < -0.3 is 14.7 Å². The van der Waals surface area contributed by atoms with E-state index in [-0.39, 0.29) is 18.4 Å². The molecule has 2 rings (SSSR count). The maximum absolute atomic E-state index is 12.1. The third-order valence-corrected chi connectivity index (χ3v) is 3.41. The number of rotatable bonds is 4. The Hall–Kier alpha value is -1.95. The third-order valence-electron chi connectivity index (χ3n) is 3.41. The summed E-state index contributed by atoms with van der Waals surface area (Å²) in [5, 5.41) is 9.38. The fourth-order valence-corrected chi connectivity index (χ4v) is 2.48. The van der Waals surface area contributed by atoms with Crippen molar-refractivity contribution in [3.05, 3.63) is 29.6 Å². The molecule has 21 heavy (non-hydrogen) atoms. The Morgan fingerprint density at radius 1 is 1.52 bits per heavy atom. The molecule has 0 saturated carbocycles. The standard InChI is InChI=1S/C15H20N2O4/c1-9(2)7-17-12(18)8-21-14(15(19)20)13(17)11-5-4-10(3)16-6-11/h4-6,9,13-14H,7-8H2,1-3H3,(H,19,20). The summed E-state index contributed by atoms with van der Waals surface area (Å²) < 4.78 is 5.24. The SMILES string of the molecule is Cc1ccc(C2C(C(=O)O)OCC(=O)N2CC(C)C)cn1. The van der Waals surface area contributed by atoms with Crippen LogP contribution in [0.2, 0.25) is 0 Å². The molecular weight excluding hydrogens is 272 g/mol. The van der Waals surface area contributed by atoms with Crippen LogP contribution < -0.4 is 0 Å². The van der Waals surface area contributed by atoms with Gasteiger partial charge in [0.15, 0.2) is 6.10 Å². The second-order valence-electron chi connectivity index (χ2n) is 5.69. The van der Waals surface area contributed by atoms with E-state index in [0.29, 0.717) is 12.1 Å². The van der Waals surface area contributed by atoms with Gasteiger partial charge in [-0.05, 0) is 24.5 Å². The summed E-state index contributed by atoms with van der Waals surface area (Å²) in [6.45, 7) is 6.13. The van der Waals surface area contributed by atoms with E-state index >= 15 is 0 Å². The number of amides is 1. The zero-order valence-corrected chi connectivity index (χ0v) is 12.4. The molecule has 114 valence electrons. The summed E-state index contributed by atoms with van der Waals surface area (Å²) in [7, 11) is 0. The molecule has 0 spiro atoms. The van der Waals surface area contributed by atoms with Gasteiger partial charge >= 0.3 is 5.97 Å². The number of aromatic nitrogens is 1. The van der Waals surface area contributed by atoms with Crippen molar-refractivity contribution in [3.63, 3.8) is 0 Å². The van der Waals surface area contributed by atoms with Crippen molar-refractivity contribution in [1.29, 1.82) is 0 Å². The molecule has 1 aromatic rings. The maximum atomic E-state index is 12.1. The number of morpholine rings is 1. The van der Waals surface area contributed by atoms with Crippen LogP contribution in [0, 0.1) is 12.8 Å². The number of aliphatic carboxylic acids is 1. The van der Waals surface area contributed by atoms with Gasteiger partial charge in [-0.2, -0.15) is 0 Å². The summed E-state index contributed by atoms with van der Waals surface area (Å²) in [4.78, 5) is 29.4. The molecular formula is C15H20N2O4. The van der Waals surface area contributed by atoms with E-state index in [0.717, 1.165) is 5.69 Å². The molecule has 1 N–H and O–H groups in total. The first kappa shape index (κ1) is 15.4. The average Bonchev–Trinajstić information content (AvgIpc) is 2.41. The predicted molar refractivity (Wildman–Crippen MR) is 75.6 cm³/mol. The third kappa shape index (κ3) is 3.39. The van der Waals surface area contributed by atoms with Crippen LogP contribution in [0.1, 0.15) is 31.1 Å². The summed E-state index contributed by atoms with van der Waals surface area (Å²) in [5.74, 6) is -1.02. The van der Waals surface area contributed by atoms with Crippen LogP contribution >= 0.6 is 0 Å². The molecule has 6 heteroatoms. The molecule has 6 nitrogen and oxygen atoms in total. The van der Waals surface area contributed by atoms with Crippen molar-refractivity contribution >= 4 is 11.9 Å². The largest absolute Gasteiger partial charge is 0.479 e. The monoisotopic (exact) mass is 292 g/mol. The second-order valence-corrected chi connectivity index (χ2v) is 5.69. The van der Waals surface area contributed by atoms with Crippen LogP contribution in [-0.4, -0.2) is 46.1 Å². The Morgan fingerprint density at radius 2 is 2.24 bits per heavy atom. The summed E-state index contributed by atoms with van der Waals surface area (Å²) in [6.07, 6.45) is 0.552. The van der Waals surface area contributed by atoms with Crippen molar-refractivity contribution in [3.8, 4) is 0 Å². The van der Waals surface area contributed by atoms with Crippen molar-refractivity contribution in [2.75, 3.05) is 13.2 Å². The lowest BCUT2D eigenvalue weighted by atomic mass is 9.97. The Balaban J connectivity index is 2.40. The fourth-order valence-electron chi connectivity index (χ4n) is 2.48. The van der Waals surface area contributed by atoms with E-state index < -0.39 is 18.1 Å². The molecule has 0 aliphatic carbocycles. The zero-order valence-electron chi connectivity index (χ0n) is 12.4. The topological polar surface area (TPSA) is 79.7 Å². The molecule has 1 amide bonds. The number of aryl methyl sites for hydroxylation is 1. The highest BCUT2D eigenvalue weighted by atomic mass is 16.5. The Labute approximate surface area is 123 Å². The number of nitrogens with zero attached hydrogens (tertiary/aromatic N) is 2. The van der Waals surface area contributed by atoms with Crippen molar-refractivity contribution in [2.24, 2.45) is 5.92 Å². The number of carboxylic acid groups (broad SMARTS) is 1. The lowest BCUT2D eigenvalue weighted by Crippen LogP contribution is -2.52. The first-order valence-electron chi connectivity index (χ1n) is 6.96. The molecule has 0 aromatic carbocycles. The number of carbonyl (C=O) groups is 2. The highest BCUT2D eigenvalue weighted by Gasteiger charge is 2.42. The molecule has 1 saturated heterocycles. The van der Waals surface area contributed by atoms with E-state index in [1.54, 1.807) is 23.2 Å². The summed E-state index contributed by atoms with van der Waals surface area (Å²) in [5.41, 5.74) is 1.52. The molecule has 2 atom stereocenters. The van der Waals surface area contributed by atoms with Crippen LogP contribution in [0.5, 0.6) is 0 Å². The minimum atomic E-state index is -1.07. The Bertz CT molecular complexity index is 527. The molecule has 1 fully saturated rings. The van der Waals surface area contributed by atoms with Gasteiger partial charge in [0, 0.05) is 18.4 Å². The van der Waals surface area contributed by atoms with E-state index in [4.69, 9.17) is 4.74 Å².